The van der Waals surface area contributed by atoms with E-state index >= 15 is 0 Å². The standard InChI is InChI=1S/C15H21ClN2O2/c1-11-5-6-18(9-12(11)8-17)15(19)10-20-14-4-2-3-13(16)7-14/h2-4,7,11-12H,5-6,8-10,17H2,1H3. The van der Waals surface area contributed by atoms with Gasteiger partial charge < -0.3 is 15.4 Å². The highest BCUT2D eigenvalue weighted by atomic mass is 35.5. The second-order valence-corrected chi connectivity index (χ2v) is 5.78. The van der Waals surface area contributed by atoms with E-state index in [0.29, 0.717) is 29.2 Å². The molecule has 110 valence electrons. The largest absolute Gasteiger partial charge is 0.484 e. The third-order valence-corrected chi connectivity index (χ3v) is 4.16. The van der Waals surface area contributed by atoms with Gasteiger partial charge in [0.25, 0.3) is 5.91 Å². The molecule has 1 saturated heterocycles. The van der Waals surface area contributed by atoms with Crippen molar-refractivity contribution in [1.29, 1.82) is 0 Å². The Hall–Kier alpha value is -1.26. The van der Waals surface area contributed by atoms with Gasteiger partial charge in [0.1, 0.15) is 5.75 Å². The highest BCUT2D eigenvalue weighted by Crippen LogP contribution is 2.22. The van der Waals surface area contributed by atoms with Crippen molar-refractivity contribution in [2.75, 3.05) is 26.2 Å². The number of amides is 1. The predicted octanol–water partition coefficient (Wildman–Crippen LogP) is 2.16. The highest BCUT2D eigenvalue weighted by molar-refractivity contribution is 6.30. The van der Waals surface area contributed by atoms with Crippen LogP contribution >= 0.6 is 11.6 Å². The Morgan fingerprint density at radius 3 is 3.05 bits per heavy atom. The molecule has 1 heterocycles. The van der Waals surface area contributed by atoms with Crippen LogP contribution in [-0.2, 0) is 4.79 Å². The van der Waals surface area contributed by atoms with E-state index < -0.39 is 0 Å². The first-order valence-electron chi connectivity index (χ1n) is 6.96. The zero-order valence-corrected chi connectivity index (χ0v) is 12.5. The summed E-state index contributed by atoms with van der Waals surface area (Å²) in [6.07, 6.45) is 1.00. The molecule has 1 fully saturated rings. The Bertz CT molecular complexity index is 467. The van der Waals surface area contributed by atoms with Gasteiger partial charge in [0, 0.05) is 18.1 Å². The molecule has 0 aromatic heterocycles. The summed E-state index contributed by atoms with van der Waals surface area (Å²) in [7, 11) is 0. The van der Waals surface area contributed by atoms with Crippen molar-refractivity contribution in [3.8, 4) is 5.75 Å². The molecule has 0 aliphatic carbocycles. The van der Waals surface area contributed by atoms with Crippen LogP contribution in [0, 0.1) is 11.8 Å². The highest BCUT2D eigenvalue weighted by Gasteiger charge is 2.27. The van der Waals surface area contributed by atoms with Crippen molar-refractivity contribution in [2.24, 2.45) is 17.6 Å². The number of nitrogens with zero attached hydrogens (tertiary/aromatic N) is 1. The lowest BCUT2D eigenvalue weighted by molar-refractivity contribution is -0.135. The molecule has 1 aromatic carbocycles. The summed E-state index contributed by atoms with van der Waals surface area (Å²) in [6.45, 7) is 4.39. The van der Waals surface area contributed by atoms with E-state index in [1.54, 1.807) is 24.3 Å². The van der Waals surface area contributed by atoms with E-state index in [2.05, 4.69) is 6.92 Å². The minimum atomic E-state index is 0.00956. The monoisotopic (exact) mass is 296 g/mol. The summed E-state index contributed by atoms with van der Waals surface area (Å²) >= 11 is 5.87. The van der Waals surface area contributed by atoms with Gasteiger partial charge in [-0.25, -0.2) is 0 Å². The Kier molecular flexibility index (Phi) is 5.26. The van der Waals surface area contributed by atoms with Gasteiger partial charge in [-0.3, -0.25) is 4.79 Å². The van der Waals surface area contributed by atoms with Crippen molar-refractivity contribution >= 4 is 17.5 Å². The third kappa shape index (κ3) is 3.87. The van der Waals surface area contributed by atoms with Crippen molar-refractivity contribution in [1.82, 2.24) is 4.90 Å². The summed E-state index contributed by atoms with van der Waals surface area (Å²) in [6, 6.07) is 7.07. The van der Waals surface area contributed by atoms with E-state index in [1.807, 2.05) is 4.90 Å². The summed E-state index contributed by atoms with van der Waals surface area (Å²) < 4.78 is 5.49. The number of carbonyl (C=O) groups is 1. The number of hydrogen-bond acceptors (Lipinski definition) is 3. The Morgan fingerprint density at radius 1 is 1.55 bits per heavy atom. The minimum Gasteiger partial charge on any atom is -0.484 e. The minimum absolute atomic E-state index is 0.00956. The van der Waals surface area contributed by atoms with Gasteiger partial charge in [0.2, 0.25) is 0 Å². The lowest BCUT2D eigenvalue weighted by Gasteiger charge is -2.36. The second-order valence-electron chi connectivity index (χ2n) is 5.35. The van der Waals surface area contributed by atoms with Gasteiger partial charge in [-0.1, -0.05) is 24.6 Å². The molecule has 0 radical (unpaired) electrons. The molecule has 2 rings (SSSR count). The number of carbonyl (C=O) groups excluding carboxylic acids is 1. The van der Waals surface area contributed by atoms with Crippen molar-refractivity contribution < 1.29 is 9.53 Å². The molecule has 0 saturated carbocycles. The van der Waals surface area contributed by atoms with Gasteiger partial charge in [0.15, 0.2) is 6.61 Å². The fourth-order valence-corrected chi connectivity index (χ4v) is 2.66. The number of likely N-dealkylation sites (tertiary alicyclic amines) is 1. The summed E-state index contributed by atoms with van der Waals surface area (Å²) in [5.74, 6) is 1.60. The van der Waals surface area contributed by atoms with E-state index in [-0.39, 0.29) is 12.5 Å². The molecular formula is C15H21ClN2O2. The fraction of sp³-hybridized carbons (Fsp3) is 0.533. The van der Waals surface area contributed by atoms with Crippen molar-refractivity contribution in [2.45, 2.75) is 13.3 Å². The van der Waals surface area contributed by atoms with Crippen LogP contribution in [0.1, 0.15) is 13.3 Å². The molecule has 2 atom stereocenters. The number of halogens is 1. The first-order valence-corrected chi connectivity index (χ1v) is 7.34. The quantitative estimate of drug-likeness (QED) is 0.926. The molecule has 2 N–H and O–H groups in total. The number of piperidine rings is 1. The average molecular weight is 297 g/mol. The van der Waals surface area contributed by atoms with E-state index in [9.17, 15) is 4.79 Å². The molecule has 2 unspecified atom stereocenters. The average Bonchev–Trinajstić information content (AvgIpc) is 2.45. The fourth-order valence-electron chi connectivity index (χ4n) is 2.48. The Balaban J connectivity index is 1.86. The number of rotatable bonds is 4. The third-order valence-electron chi connectivity index (χ3n) is 3.93. The number of ether oxygens (including phenoxy) is 1. The normalized spacial score (nSPS) is 22.6. The van der Waals surface area contributed by atoms with Gasteiger partial charge in [-0.05, 0) is 43.0 Å². The van der Waals surface area contributed by atoms with E-state index in [1.165, 1.54) is 0 Å². The van der Waals surface area contributed by atoms with Crippen LogP contribution in [0.2, 0.25) is 5.02 Å². The van der Waals surface area contributed by atoms with Crippen LogP contribution < -0.4 is 10.5 Å². The first kappa shape index (κ1) is 15.1. The van der Waals surface area contributed by atoms with Gasteiger partial charge in [-0.2, -0.15) is 0 Å². The second kappa shape index (κ2) is 6.95. The first-order chi connectivity index (χ1) is 9.60. The number of nitrogens with two attached hydrogens (primary N) is 1. The Morgan fingerprint density at radius 2 is 2.35 bits per heavy atom. The summed E-state index contributed by atoms with van der Waals surface area (Å²) in [5, 5.41) is 0.602. The molecule has 1 aliphatic heterocycles. The number of benzene rings is 1. The number of hydrogen-bond donors (Lipinski definition) is 1. The lowest BCUT2D eigenvalue weighted by atomic mass is 9.87. The van der Waals surface area contributed by atoms with Gasteiger partial charge in [-0.15, -0.1) is 0 Å². The zero-order valence-electron chi connectivity index (χ0n) is 11.7. The molecule has 0 bridgehead atoms. The van der Waals surface area contributed by atoms with Crippen LogP contribution in [0.15, 0.2) is 24.3 Å². The Labute approximate surface area is 124 Å². The molecule has 1 aliphatic rings. The maximum atomic E-state index is 12.2. The smallest absolute Gasteiger partial charge is 0.260 e. The molecule has 20 heavy (non-hydrogen) atoms. The van der Waals surface area contributed by atoms with Crippen LogP contribution in [-0.4, -0.2) is 37.0 Å². The van der Waals surface area contributed by atoms with Crippen LogP contribution in [0.5, 0.6) is 5.75 Å². The molecule has 0 spiro atoms. The molecular weight excluding hydrogens is 276 g/mol. The SMILES string of the molecule is CC1CCN(C(=O)COc2cccc(Cl)c2)CC1CN. The summed E-state index contributed by atoms with van der Waals surface area (Å²) in [5.41, 5.74) is 5.75. The molecule has 4 nitrogen and oxygen atoms in total. The van der Waals surface area contributed by atoms with Crippen LogP contribution in [0.25, 0.3) is 0 Å². The topological polar surface area (TPSA) is 55.6 Å². The van der Waals surface area contributed by atoms with Crippen molar-refractivity contribution in [3.05, 3.63) is 29.3 Å². The molecule has 1 aromatic rings. The lowest BCUT2D eigenvalue weighted by Crippen LogP contribution is -2.47. The summed E-state index contributed by atoms with van der Waals surface area (Å²) in [4.78, 5) is 14.0. The van der Waals surface area contributed by atoms with Crippen LogP contribution in [0.3, 0.4) is 0 Å². The predicted molar refractivity (Wildman–Crippen MR) is 79.9 cm³/mol. The maximum Gasteiger partial charge on any atom is 0.260 e. The van der Waals surface area contributed by atoms with Gasteiger partial charge >= 0.3 is 0 Å². The maximum absolute atomic E-state index is 12.2. The molecule has 1 amide bonds. The molecule has 5 heteroatoms. The van der Waals surface area contributed by atoms with Crippen molar-refractivity contribution in [3.63, 3.8) is 0 Å². The zero-order chi connectivity index (χ0) is 14.5. The van der Waals surface area contributed by atoms with Gasteiger partial charge in [0.05, 0.1) is 0 Å². The van der Waals surface area contributed by atoms with E-state index in [0.717, 1.165) is 19.5 Å². The van der Waals surface area contributed by atoms with Crippen LogP contribution in [0.4, 0.5) is 0 Å². The van der Waals surface area contributed by atoms with E-state index in [4.69, 9.17) is 22.1 Å².